The van der Waals surface area contributed by atoms with Gasteiger partial charge in [0.15, 0.2) is 0 Å². The van der Waals surface area contributed by atoms with E-state index in [1.165, 1.54) is 0 Å². The Labute approximate surface area is 108 Å². The number of nitrogens with zero attached hydrogens (tertiary/aromatic N) is 1. The number of carbonyl (C=O) groups is 1. The Morgan fingerprint density at radius 1 is 1.44 bits per heavy atom. The second kappa shape index (κ2) is 5.83. The van der Waals surface area contributed by atoms with E-state index in [1.54, 1.807) is 0 Å². The topological polar surface area (TPSA) is 40.5 Å². The highest BCUT2D eigenvalue weighted by Gasteiger charge is 2.34. The maximum absolute atomic E-state index is 11.4. The lowest BCUT2D eigenvalue weighted by molar-refractivity contribution is -0.144. The summed E-state index contributed by atoms with van der Waals surface area (Å²) >= 11 is 0. The molecule has 0 amide bonds. The van der Waals surface area contributed by atoms with E-state index in [9.17, 15) is 9.90 Å². The van der Waals surface area contributed by atoms with Crippen molar-refractivity contribution < 1.29 is 9.90 Å². The maximum atomic E-state index is 11.4. The predicted molar refractivity (Wildman–Crippen MR) is 71.6 cm³/mol. The highest BCUT2D eigenvalue weighted by molar-refractivity contribution is 5.72. The van der Waals surface area contributed by atoms with Gasteiger partial charge in [-0.25, -0.2) is 0 Å². The van der Waals surface area contributed by atoms with Gasteiger partial charge in [0, 0.05) is 13.1 Å². The zero-order valence-electron chi connectivity index (χ0n) is 10.5. The molecule has 0 aliphatic carbocycles. The van der Waals surface area contributed by atoms with Crippen molar-refractivity contribution in [2.24, 2.45) is 5.92 Å². The monoisotopic (exact) mass is 245 g/mol. The molecule has 1 aromatic rings. The minimum Gasteiger partial charge on any atom is -0.481 e. The lowest BCUT2D eigenvalue weighted by Gasteiger charge is -2.36. The third kappa shape index (κ3) is 2.79. The number of carboxylic acid groups (broad SMARTS) is 1. The van der Waals surface area contributed by atoms with Gasteiger partial charge in [0.05, 0.1) is 5.92 Å². The summed E-state index contributed by atoms with van der Waals surface area (Å²) in [6.07, 6.45) is 2.73. The second-order valence-electron chi connectivity index (χ2n) is 4.80. The molecule has 0 radical (unpaired) electrons. The molecule has 2 unspecified atom stereocenters. The van der Waals surface area contributed by atoms with Crippen molar-refractivity contribution in [3.8, 4) is 0 Å². The largest absolute Gasteiger partial charge is 0.481 e. The normalized spacial score (nSPS) is 24.7. The number of likely N-dealkylation sites (tertiary alicyclic amines) is 1. The number of carboxylic acids is 1. The first kappa shape index (κ1) is 12.8. The van der Waals surface area contributed by atoms with Crippen LogP contribution in [0.4, 0.5) is 0 Å². The number of hydrogen-bond acceptors (Lipinski definition) is 2. The summed E-state index contributed by atoms with van der Waals surface area (Å²) in [5.41, 5.74) is 1.14. The van der Waals surface area contributed by atoms with Crippen molar-refractivity contribution in [3.05, 3.63) is 48.6 Å². The van der Waals surface area contributed by atoms with E-state index in [1.807, 2.05) is 36.4 Å². The number of aliphatic carboxylic acids is 1. The van der Waals surface area contributed by atoms with Gasteiger partial charge in [-0.3, -0.25) is 9.69 Å². The smallest absolute Gasteiger partial charge is 0.308 e. The molecule has 1 saturated heterocycles. The van der Waals surface area contributed by atoms with Crippen molar-refractivity contribution >= 4 is 5.97 Å². The van der Waals surface area contributed by atoms with Gasteiger partial charge >= 0.3 is 5.97 Å². The number of benzene rings is 1. The summed E-state index contributed by atoms with van der Waals surface area (Å²) in [7, 11) is 0. The van der Waals surface area contributed by atoms with Crippen LogP contribution in [0.3, 0.4) is 0 Å². The Balaban J connectivity index is 2.16. The lowest BCUT2D eigenvalue weighted by Crippen LogP contribution is -2.42. The minimum atomic E-state index is -0.697. The van der Waals surface area contributed by atoms with Crippen LogP contribution in [-0.4, -0.2) is 35.6 Å². The summed E-state index contributed by atoms with van der Waals surface area (Å²) in [6.45, 7) is 6.03. The van der Waals surface area contributed by atoms with Crippen LogP contribution >= 0.6 is 0 Å². The van der Waals surface area contributed by atoms with Gasteiger partial charge in [0.2, 0.25) is 0 Å². The first-order chi connectivity index (χ1) is 8.72. The van der Waals surface area contributed by atoms with Crippen LogP contribution in [0.15, 0.2) is 43.0 Å². The Bertz CT molecular complexity index is 416. The quantitative estimate of drug-likeness (QED) is 0.828. The average molecular weight is 245 g/mol. The molecule has 0 saturated carbocycles. The van der Waals surface area contributed by atoms with E-state index in [2.05, 4.69) is 11.5 Å². The molecule has 3 nitrogen and oxygen atoms in total. The number of rotatable bonds is 4. The van der Waals surface area contributed by atoms with Crippen molar-refractivity contribution in [1.29, 1.82) is 0 Å². The van der Waals surface area contributed by atoms with Crippen molar-refractivity contribution in [2.75, 3.05) is 19.6 Å². The predicted octanol–water partition coefficient (Wildman–Crippen LogP) is 2.36. The fourth-order valence-electron chi connectivity index (χ4n) is 2.72. The zero-order valence-corrected chi connectivity index (χ0v) is 10.5. The van der Waals surface area contributed by atoms with Gasteiger partial charge in [0.1, 0.15) is 0 Å². The van der Waals surface area contributed by atoms with Crippen LogP contribution in [0.5, 0.6) is 0 Å². The molecule has 1 heterocycles. The van der Waals surface area contributed by atoms with Crippen LogP contribution in [0.25, 0.3) is 0 Å². The van der Waals surface area contributed by atoms with Crippen LogP contribution < -0.4 is 0 Å². The van der Waals surface area contributed by atoms with Gasteiger partial charge in [-0.2, -0.15) is 0 Å². The molecule has 2 atom stereocenters. The molecule has 1 N–H and O–H groups in total. The van der Waals surface area contributed by atoms with Crippen molar-refractivity contribution in [1.82, 2.24) is 4.90 Å². The Hall–Kier alpha value is -1.61. The summed E-state index contributed by atoms with van der Waals surface area (Å²) in [5.74, 6) is -0.886. The molecule has 18 heavy (non-hydrogen) atoms. The molecule has 1 fully saturated rings. The molecule has 0 spiro atoms. The first-order valence-electron chi connectivity index (χ1n) is 6.33. The van der Waals surface area contributed by atoms with Crippen LogP contribution in [0.2, 0.25) is 0 Å². The highest BCUT2D eigenvalue weighted by Crippen LogP contribution is 2.33. The summed E-state index contributed by atoms with van der Waals surface area (Å²) in [5, 5.41) is 9.40. The molecule has 1 aliphatic rings. The maximum Gasteiger partial charge on any atom is 0.308 e. The minimum absolute atomic E-state index is 0.129. The van der Waals surface area contributed by atoms with E-state index in [-0.39, 0.29) is 11.8 Å². The third-order valence-electron chi connectivity index (χ3n) is 3.63. The average Bonchev–Trinajstić information content (AvgIpc) is 2.40. The van der Waals surface area contributed by atoms with E-state index >= 15 is 0 Å². The Morgan fingerprint density at radius 2 is 2.17 bits per heavy atom. The molecule has 1 aliphatic heterocycles. The standard InChI is InChI=1S/C15H19NO2/c1-2-9-16-10-8-13(14(11-16)15(17)18)12-6-4-3-5-7-12/h2-7,13-14H,1,8-11H2,(H,17,18). The van der Waals surface area contributed by atoms with Crippen LogP contribution in [0, 0.1) is 5.92 Å². The second-order valence-corrected chi connectivity index (χ2v) is 4.80. The van der Waals surface area contributed by atoms with Crippen molar-refractivity contribution in [2.45, 2.75) is 12.3 Å². The first-order valence-corrected chi connectivity index (χ1v) is 6.33. The van der Waals surface area contributed by atoms with Gasteiger partial charge in [0.25, 0.3) is 0 Å². The van der Waals surface area contributed by atoms with E-state index in [0.717, 1.165) is 25.1 Å². The molecule has 3 heteroatoms. The SMILES string of the molecule is C=CCN1CCC(c2ccccc2)C(C(=O)O)C1. The van der Waals surface area contributed by atoms with Gasteiger partial charge < -0.3 is 5.11 Å². The van der Waals surface area contributed by atoms with Gasteiger partial charge in [-0.15, -0.1) is 6.58 Å². The Kier molecular flexibility index (Phi) is 4.15. The third-order valence-corrected chi connectivity index (χ3v) is 3.63. The van der Waals surface area contributed by atoms with Crippen molar-refractivity contribution in [3.63, 3.8) is 0 Å². The highest BCUT2D eigenvalue weighted by atomic mass is 16.4. The molecular formula is C15H19NO2. The Morgan fingerprint density at radius 3 is 2.78 bits per heavy atom. The van der Waals surface area contributed by atoms with E-state index in [0.29, 0.717) is 6.54 Å². The number of hydrogen-bond donors (Lipinski definition) is 1. The molecule has 0 bridgehead atoms. The molecule has 1 aromatic carbocycles. The number of piperidine rings is 1. The van der Waals surface area contributed by atoms with E-state index < -0.39 is 5.97 Å². The summed E-state index contributed by atoms with van der Waals surface area (Å²) in [6, 6.07) is 9.98. The molecule has 0 aromatic heterocycles. The molecular weight excluding hydrogens is 226 g/mol. The molecule has 96 valence electrons. The zero-order chi connectivity index (χ0) is 13.0. The van der Waals surface area contributed by atoms with E-state index in [4.69, 9.17) is 0 Å². The van der Waals surface area contributed by atoms with Crippen LogP contribution in [0.1, 0.15) is 17.9 Å². The lowest BCUT2D eigenvalue weighted by atomic mass is 9.80. The summed E-state index contributed by atoms with van der Waals surface area (Å²) < 4.78 is 0. The fraction of sp³-hybridized carbons (Fsp3) is 0.400. The van der Waals surface area contributed by atoms with Gasteiger partial charge in [-0.05, 0) is 24.4 Å². The fourth-order valence-corrected chi connectivity index (χ4v) is 2.72. The van der Waals surface area contributed by atoms with Crippen LogP contribution in [-0.2, 0) is 4.79 Å². The van der Waals surface area contributed by atoms with Gasteiger partial charge in [-0.1, -0.05) is 36.4 Å². The molecule has 2 rings (SSSR count). The summed E-state index contributed by atoms with van der Waals surface area (Å²) in [4.78, 5) is 13.6.